The Morgan fingerprint density at radius 1 is 0.562 bits per heavy atom. The van der Waals surface area contributed by atoms with Gasteiger partial charge in [-0.15, -0.1) is 0 Å². The molecule has 0 unspecified atom stereocenters. The van der Waals surface area contributed by atoms with E-state index in [4.69, 9.17) is 14.2 Å². The Labute approximate surface area is 189 Å². The Morgan fingerprint density at radius 2 is 1.00 bits per heavy atom. The summed E-state index contributed by atoms with van der Waals surface area (Å²) in [6.07, 6.45) is 0.540. The number of benzene rings is 4. The van der Waals surface area contributed by atoms with Crippen molar-refractivity contribution < 1.29 is 9.47 Å². The van der Waals surface area contributed by atoms with Gasteiger partial charge in [-0.3, -0.25) is 4.74 Å². The van der Waals surface area contributed by atoms with Crippen LogP contribution in [0.15, 0.2) is 120 Å². The molecule has 0 atom stereocenters. The Kier molecular flexibility index (Phi) is 6.31. The predicted octanol–water partition coefficient (Wildman–Crippen LogP) is 5.93. The van der Waals surface area contributed by atoms with Gasteiger partial charge in [0.2, 0.25) is 0 Å². The van der Waals surface area contributed by atoms with Crippen molar-refractivity contribution >= 4 is 28.7 Å². The molecule has 1 heterocycles. The molecule has 1 aliphatic heterocycles. The molecule has 3 nitrogen and oxygen atoms in total. The second-order valence-electron chi connectivity index (χ2n) is 7.73. The minimum Gasteiger partial charge on any atom is -0.348 e. The lowest BCUT2D eigenvalue weighted by molar-refractivity contribution is -0.182. The lowest BCUT2D eigenvalue weighted by atomic mass is 10.1. The molecule has 4 aromatic carbocycles. The van der Waals surface area contributed by atoms with Crippen molar-refractivity contribution in [3.05, 3.63) is 121 Å². The van der Waals surface area contributed by atoms with Gasteiger partial charge in [0.1, 0.15) is 0 Å². The summed E-state index contributed by atoms with van der Waals surface area (Å²) in [5.74, 6) is 0. The molecule has 0 N–H and O–H groups in total. The molecule has 0 saturated carbocycles. The Hall–Kier alpha value is -2.97. The van der Waals surface area contributed by atoms with Gasteiger partial charge >= 0.3 is 0 Å². The van der Waals surface area contributed by atoms with Gasteiger partial charge in [0.05, 0.1) is 26.0 Å². The standard InChI is InChI=1S/C28H26NO2P/c1-4-13-23(14-5-1)32(24-15-6-2-7-16-24,25-17-8-3-9-18-25)29-27-20-11-10-19-26(27)28-30-21-12-22-31-28/h1-11,13-20,28H,12,21-22H2. The molecule has 4 aromatic rings. The summed E-state index contributed by atoms with van der Waals surface area (Å²) in [6.45, 7) is 1.41. The highest BCUT2D eigenvalue weighted by Gasteiger charge is 2.29. The van der Waals surface area contributed by atoms with Crippen molar-refractivity contribution in [3.63, 3.8) is 0 Å². The van der Waals surface area contributed by atoms with Crippen LogP contribution in [-0.4, -0.2) is 13.2 Å². The van der Waals surface area contributed by atoms with Gasteiger partial charge in [0.25, 0.3) is 0 Å². The molecule has 0 radical (unpaired) electrons. The van der Waals surface area contributed by atoms with E-state index in [0.29, 0.717) is 13.2 Å². The molecule has 0 aliphatic carbocycles. The minimum absolute atomic E-state index is 0.382. The first kappa shape index (κ1) is 20.9. The lowest BCUT2D eigenvalue weighted by Crippen LogP contribution is -2.25. The van der Waals surface area contributed by atoms with Crippen LogP contribution in [0.5, 0.6) is 0 Å². The van der Waals surface area contributed by atoms with E-state index in [0.717, 1.165) is 17.7 Å². The predicted molar refractivity (Wildman–Crippen MR) is 133 cm³/mol. The zero-order valence-corrected chi connectivity index (χ0v) is 18.8. The molecule has 1 saturated heterocycles. The topological polar surface area (TPSA) is 30.8 Å². The van der Waals surface area contributed by atoms with Crippen molar-refractivity contribution in [3.8, 4) is 0 Å². The van der Waals surface area contributed by atoms with Gasteiger partial charge in [-0.2, -0.15) is 0 Å². The van der Waals surface area contributed by atoms with Crippen LogP contribution in [0.3, 0.4) is 0 Å². The largest absolute Gasteiger partial charge is 0.348 e. The van der Waals surface area contributed by atoms with E-state index in [-0.39, 0.29) is 6.29 Å². The van der Waals surface area contributed by atoms with Crippen LogP contribution in [0.4, 0.5) is 5.69 Å². The van der Waals surface area contributed by atoms with Crippen molar-refractivity contribution in [2.45, 2.75) is 12.7 Å². The molecule has 4 heteroatoms. The van der Waals surface area contributed by atoms with E-state index in [1.54, 1.807) is 0 Å². The van der Waals surface area contributed by atoms with Crippen molar-refractivity contribution in [2.75, 3.05) is 13.2 Å². The average molecular weight is 439 g/mol. The molecule has 0 spiro atoms. The van der Waals surface area contributed by atoms with Crippen LogP contribution < -0.4 is 15.9 Å². The summed E-state index contributed by atoms with van der Waals surface area (Å²) in [5.41, 5.74) is 1.91. The summed E-state index contributed by atoms with van der Waals surface area (Å²) in [6, 6.07) is 40.2. The van der Waals surface area contributed by atoms with Crippen molar-refractivity contribution in [2.24, 2.45) is 4.74 Å². The molecular weight excluding hydrogens is 413 g/mol. The molecule has 5 rings (SSSR count). The zero-order chi connectivity index (χ0) is 21.6. The van der Waals surface area contributed by atoms with Gasteiger partial charge in [-0.1, -0.05) is 109 Å². The maximum absolute atomic E-state index is 5.97. The van der Waals surface area contributed by atoms with Crippen LogP contribution in [0.25, 0.3) is 0 Å². The lowest BCUT2D eigenvalue weighted by Gasteiger charge is -2.29. The van der Waals surface area contributed by atoms with Crippen LogP contribution in [0, 0.1) is 0 Å². The fraction of sp³-hybridized carbons (Fsp3) is 0.143. The number of hydrogen-bond donors (Lipinski definition) is 0. The quantitative estimate of drug-likeness (QED) is 0.361. The molecule has 160 valence electrons. The first-order valence-corrected chi connectivity index (χ1v) is 12.7. The van der Waals surface area contributed by atoms with E-state index < -0.39 is 7.05 Å². The molecule has 0 amide bonds. The van der Waals surface area contributed by atoms with E-state index >= 15 is 0 Å². The van der Waals surface area contributed by atoms with E-state index in [1.165, 1.54) is 15.9 Å². The smallest absolute Gasteiger partial charge is 0.185 e. The van der Waals surface area contributed by atoms with E-state index in [9.17, 15) is 0 Å². The molecule has 1 fully saturated rings. The van der Waals surface area contributed by atoms with Gasteiger partial charge in [0, 0.05) is 21.5 Å². The van der Waals surface area contributed by atoms with Gasteiger partial charge in [-0.25, -0.2) is 0 Å². The highest BCUT2D eigenvalue weighted by molar-refractivity contribution is 7.87. The van der Waals surface area contributed by atoms with Crippen LogP contribution in [0.1, 0.15) is 18.3 Å². The summed E-state index contributed by atoms with van der Waals surface area (Å²) in [4.78, 5) is 0. The SMILES string of the molecule is c1ccc(P(=Nc2ccccc2C2OCCCO2)(c2ccccc2)c2ccccc2)cc1. The summed E-state index contributed by atoms with van der Waals surface area (Å²) in [5, 5.41) is 3.66. The maximum Gasteiger partial charge on any atom is 0.185 e. The molecule has 0 bridgehead atoms. The summed E-state index contributed by atoms with van der Waals surface area (Å²) in [7, 11) is -2.34. The zero-order valence-electron chi connectivity index (χ0n) is 17.9. The normalized spacial score (nSPS) is 14.8. The first-order valence-electron chi connectivity index (χ1n) is 11.0. The number of rotatable bonds is 5. The highest BCUT2D eigenvalue weighted by atomic mass is 31.2. The Bertz CT molecular complexity index is 1100. The van der Waals surface area contributed by atoms with Gasteiger partial charge in [0.15, 0.2) is 6.29 Å². The fourth-order valence-corrected chi connectivity index (χ4v) is 7.72. The van der Waals surface area contributed by atoms with E-state index in [1.807, 2.05) is 12.1 Å². The Morgan fingerprint density at radius 3 is 1.50 bits per heavy atom. The third-order valence-corrected chi connectivity index (χ3v) is 9.32. The molecule has 0 aromatic heterocycles. The monoisotopic (exact) mass is 439 g/mol. The Balaban J connectivity index is 1.83. The second kappa shape index (κ2) is 9.67. The minimum atomic E-state index is -2.34. The summed E-state index contributed by atoms with van der Waals surface area (Å²) < 4.78 is 17.6. The molecule has 32 heavy (non-hydrogen) atoms. The van der Waals surface area contributed by atoms with Gasteiger partial charge in [-0.05, 0) is 12.5 Å². The molecule has 1 aliphatic rings. The second-order valence-corrected chi connectivity index (χ2v) is 10.7. The number of hydrogen-bond acceptors (Lipinski definition) is 3. The molecular formula is C28H26NO2P. The first-order chi connectivity index (χ1) is 15.9. The number of nitrogens with zero attached hydrogens (tertiary/aromatic N) is 1. The van der Waals surface area contributed by atoms with Gasteiger partial charge < -0.3 is 9.47 Å². The number of ether oxygens (including phenoxy) is 2. The van der Waals surface area contributed by atoms with Crippen molar-refractivity contribution in [1.82, 2.24) is 0 Å². The van der Waals surface area contributed by atoms with E-state index in [2.05, 4.69) is 103 Å². The summed E-state index contributed by atoms with van der Waals surface area (Å²) >= 11 is 0. The third kappa shape index (κ3) is 4.08. The van der Waals surface area contributed by atoms with Crippen molar-refractivity contribution in [1.29, 1.82) is 0 Å². The average Bonchev–Trinajstić information content (AvgIpc) is 2.89. The fourth-order valence-electron chi connectivity index (χ4n) is 4.16. The van der Waals surface area contributed by atoms with Crippen LogP contribution in [-0.2, 0) is 9.47 Å². The highest BCUT2D eigenvalue weighted by Crippen LogP contribution is 2.50. The van der Waals surface area contributed by atoms with Crippen LogP contribution in [0.2, 0.25) is 0 Å². The van der Waals surface area contributed by atoms with Crippen LogP contribution >= 0.6 is 7.05 Å². The third-order valence-electron chi connectivity index (χ3n) is 5.67. The maximum atomic E-state index is 5.97.